The second-order valence-electron chi connectivity index (χ2n) is 6.62. The molecule has 1 unspecified atom stereocenters. The number of rotatable bonds is 16. The molecular weight excluding hydrogens is 286 g/mol. The number of hydrogen-bond acceptors (Lipinski definition) is 2. The summed E-state index contributed by atoms with van der Waals surface area (Å²) < 4.78 is 2.14. The van der Waals surface area contributed by atoms with E-state index in [0.717, 1.165) is 6.54 Å². The van der Waals surface area contributed by atoms with Gasteiger partial charge in [-0.3, -0.25) is 4.31 Å². The highest BCUT2D eigenvalue weighted by atomic mass is 32.1. The summed E-state index contributed by atoms with van der Waals surface area (Å²) in [5, 5.41) is 0. The van der Waals surface area contributed by atoms with Crippen LogP contribution in [0, 0.1) is 0 Å². The molecule has 0 aliphatic rings. The Labute approximate surface area is 146 Å². The normalized spacial score (nSPS) is 13.3. The fourth-order valence-electron chi connectivity index (χ4n) is 2.79. The fraction of sp³-hybridized carbons (Fsp3) is 0.900. The van der Waals surface area contributed by atoms with Crippen LogP contribution in [0.5, 0.6) is 0 Å². The predicted molar refractivity (Wildman–Crippen MR) is 106 cm³/mol. The molecule has 1 atom stereocenters. The van der Waals surface area contributed by atoms with Crippen molar-refractivity contribution in [2.45, 2.75) is 110 Å². The molecule has 0 saturated heterocycles. The molecule has 0 radical (unpaired) electrons. The Kier molecular flexibility index (Phi) is 17.4. The van der Waals surface area contributed by atoms with E-state index in [2.05, 4.69) is 50.0 Å². The van der Waals surface area contributed by atoms with Crippen LogP contribution in [0.2, 0.25) is 0 Å². The average molecular weight is 328 g/mol. The highest BCUT2D eigenvalue weighted by Crippen LogP contribution is 2.13. The van der Waals surface area contributed by atoms with Crippen LogP contribution in [0.15, 0.2) is 12.2 Å². The van der Waals surface area contributed by atoms with Crippen LogP contribution in [0.25, 0.3) is 0 Å². The van der Waals surface area contributed by atoms with Gasteiger partial charge in [0.15, 0.2) is 0 Å². The van der Waals surface area contributed by atoms with Crippen molar-refractivity contribution in [3.63, 3.8) is 0 Å². The van der Waals surface area contributed by atoms with Crippen molar-refractivity contribution >= 4 is 12.8 Å². The van der Waals surface area contributed by atoms with Gasteiger partial charge in [0.05, 0.1) is 0 Å². The maximum atomic E-state index is 4.47. The molecule has 0 aliphatic carbocycles. The molecule has 0 bridgehead atoms. The molecule has 0 aromatic rings. The smallest absolute Gasteiger partial charge is 0.0171 e. The summed E-state index contributed by atoms with van der Waals surface area (Å²) in [6.45, 7) is 7.76. The van der Waals surface area contributed by atoms with Crippen molar-refractivity contribution in [2.24, 2.45) is 0 Å². The fourth-order valence-corrected chi connectivity index (χ4v) is 2.91. The highest BCUT2D eigenvalue weighted by Gasteiger charge is 2.06. The summed E-state index contributed by atoms with van der Waals surface area (Å²) in [7, 11) is 0. The van der Waals surface area contributed by atoms with Crippen LogP contribution in [0.1, 0.15) is 104 Å². The van der Waals surface area contributed by atoms with E-state index >= 15 is 0 Å². The number of thiol groups is 1. The van der Waals surface area contributed by atoms with E-state index in [1.807, 2.05) is 0 Å². The average Bonchev–Trinajstić information content (AvgIpc) is 2.54. The molecule has 2 heteroatoms. The maximum Gasteiger partial charge on any atom is 0.0171 e. The van der Waals surface area contributed by atoms with Crippen LogP contribution in [-0.4, -0.2) is 16.9 Å². The third-order valence-electron chi connectivity index (χ3n) is 4.47. The maximum absolute atomic E-state index is 4.47. The number of nitrogens with zero attached hydrogens (tertiary/aromatic N) is 1. The first-order valence-corrected chi connectivity index (χ1v) is 10.2. The molecule has 132 valence electrons. The lowest BCUT2D eigenvalue weighted by Gasteiger charge is -2.21. The summed E-state index contributed by atoms with van der Waals surface area (Å²) >= 11 is 4.47. The van der Waals surface area contributed by atoms with Crippen LogP contribution in [0.3, 0.4) is 0 Å². The quantitative estimate of drug-likeness (QED) is 0.178. The first-order valence-electron chi connectivity index (χ1n) is 9.82. The van der Waals surface area contributed by atoms with Gasteiger partial charge < -0.3 is 0 Å². The van der Waals surface area contributed by atoms with Crippen LogP contribution >= 0.6 is 12.8 Å². The van der Waals surface area contributed by atoms with E-state index in [4.69, 9.17) is 0 Å². The van der Waals surface area contributed by atoms with Gasteiger partial charge in [-0.25, -0.2) is 0 Å². The number of allylic oxidation sites excluding steroid dienone is 2. The summed E-state index contributed by atoms with van der Waals surface area (Å²) in [5.74, 6) is 0. The first-order chi connectivity index (χ1) is 10.7. The minimum absolute atomic E-state index is 0.616. The second-order valence-corrected chi connectivity index (χ2v) is 7.14. The van der Waals surface area contributed by atoms with Gasteiger partial charge in [0.25, 0.3) is 0 Å². The molecule has 0 N–H and O–H groups in total. The predicted octanol–water partition coefficient (Wildman–Crippen LogP) is 7.19. The zero-order chi connectivity index (χ0) is 16.5. The zero-order valence-electron chi connectivity index (χ0n) is 15.5. The van der Waals surface area contributed by atoms with E-state index < -0.39 is 0 Å². The van der Waals surface area contributed by atoms with Gasteiger partial charge in [-0.1, -0.05) is 90.2 Å². The molecule has 1 nitrogen and oxygen atoms in total. The van der Waals surface area contributed by atoms with E-state index in [-0.39, 0.29) is 0 Å². The van der Waals surface area contributed by atoms with Crippen molar-refractivity contribution in [3.8, 4) is 0 Å². The molecule has 0 aliphatic heterocycles. The van der Waals surface area contributed by atoms with E-state index in [9.17, 15) is 0 Å². The van der Waals surface area contributed by atoms with Gasteiger partial charge in [-0.05, 0) is 39.0 Å². The van der Waals surface area contributed by atoms with Gasteiger partial charge in [-0.2, -0.15) is 0 Å². The molecular formula is C20H41NS. The number of unbranched alkanes of at least 4 members (excludes halogenated alkanes) is 10. The van der Waals surface area contributed by atoms with Crippen LogP contribution in [-0.2, 0) is 0 Å². The van der Waals surface area contributed by atoms with Gasteiger partial charge in [0.2, 0.25) is 0 Å². The minimum Gasteiger partial charge on any atom is -0.251 e. The molecule has 0 spiro atoms. The highest BCUT2D eigenvalue weighted by molar-refractivity contribution is 7.77. The van der Waals surface area contributed by atoms with Gasteiger partial charge in [0.1, 0.15) is 0 Å². The number of hydrogen-bond donors (Lipinski definition) is 1. The van der Waals surface area contributed by atoms with Crippen LogP contribution in [0.4, 0.5) is 0 Å². The summed E-state index contributed by atoms with van der Waals surface area (Å²) in [6, 6.07) is 0.616. The van der Waals surface area contributed by atoms with Crippen LogP contribution < -0.4 is 0 Å². The monoisotopic (exact) mass is 327 g/mol. The standard InChI is InChI=1S/C20H41NS/c1-4-6-7-8-9-10-11-12-13-14-15-16-17-18-19-20(3)21(22)5-2/h12-13,20,22H,4-11,14-19H2,1-3H3/b13-12-. The van der Waals surface area contributed by atoms with Crippen molar-refractivity contribution in [1.29, 1.82) is 0 Å². The molecule has 22 heavy (non-hydrogen) atoms. The molecule has 0 heterocycles. The first kappa shape index (κ1) is 22.1. The van der Waals surface area contributed by atoms with Gasteiger partial charge in [-0.15, -0.1) is 0 Å². The zero-order valence-corrected chi connectivity index (χ0v) is 16.4. The Balaban J connectivity index is 3.20. The second kappa shape index (κ2) is 17.4. The van der Waals surface area contributed by atoms with Crippen molar-refractivity contribution in [1.82, 2.24) is 4.31 Å². The van der Waals surface area contributed by atoms with Gasteiger partial charge >= 0.3 is 0 Å². The summed E-state index contributed by atoms with van der Waals surface area (Å²) in [6.07, 6.45) is 22.6. The van der Waals surface area contributed by atoms with E-state index in [0.29, 0.717) is 6.04 Å². The Morgan fingerprint density at radius 3 is 1.82 bits per heavy atom. The third-order valence-corrected chi connectivity index (χ3v) is 5.14. The molecule has 0 aromatic carbocycles. The molecule has 0 fully saturated rings. The Hall–Kier alpha value is 0.0500. The topological polar surface area (TPSA) is 3.24 Å². The van der Waals surface area contributed by atoms with E-state index in [1.165, 1.54) is 83.5 Å². The lowest BCUT2D eigenvalue weighted by molar-refractivity contribution is 0.362. The van der Waals surface area contributed by atoms with Crippen molar-refractivity contribution in [3.05, 3.63) is 12.2 Å². The van der Waals surface area contributed by atoms with Crippen molar-refractivity contribution in [2.75, 3.05) is 6.54 Å². The summed E-state index contributed by atoms with van der Waals surface area (Å²) in [5.41, 5.74) is 0. The Morgan fingerprint density at radius 1 is 0.773 bits per heavy atom. The summed E-state index contributed by atoms with van der Waals surface area (Å²) in [4.78, 5) is 0. The lowest BCUT2D eigenvalue weighted by Crippen LogP contribution is -2.23. The SMILES string of the molecule is CCCCCCCC/C=C\CCCCCCC(C)N(S)CC. The third kappa shape index (κ3) is 15.0. The Morgan fingerprint density at radius 2 is 1.27 bits per heavy atom. The van der Waals surface area contributed by atoms with Crippen molar-refractivity contribution < 1.29 is 0 Å². The minimum atomic E-state index is 0.616. The molecule has 0 aromatic heterocycles. The molecule has 0 amide bonds. The molecule has 0 saturated carbocycles. The lowest BCUT2D eigenvalue weighted by atomic mass is 10.1. The Bertz CT molecular complexity index is 240. The van der Waals surface area contributed by atoms with E-state index in [1.54, 1.807) is 0 Å². The molecule has 0 rings (SSSR count). The van der Waals surface area contributed by atoms with Gasteiger partial charge in [0, 0.05) is 12.6 Å². The largest absolute Gasteiger partial charge is 0.251 e.